The molecule has 0 amide bonds. The number of ether oxygens (including phenoxy) is 1. The van der Waals surface area contributed by atoms with E-state index < -0.39 is 47.3 Å². The molecular formula is C12H18N2O7S. The van der Waals surface area contributed by atoms with E-state index in [1.165, 1.54) is 24.3 Å². The van der Waals surface area contributed by atoms with E-state index in [-0.39, 0.29) is 4.90 Å². The normalized spacial score (nSPS) is 32.8. The van der Waals surface area contributed by atoms with Crippen molar-refractivity contribution in [1.82, 2.24) is 4.72 Å². The van der Waals surface area contributed by atoms with Crippen molar-refractivity contribution in [3.63, 3.8) is 0 Å². The number of rotatable bonds is 4. The van der Waals surface area contributed by atoms with Crippen molar-refractivity contribution in [2.45, 2.75) is 35.5 Å². The first-order valence-electron chi connectivity index (χ1n) is 6.44. The highest BCUT2D eigenvalue weighted by Gasteiger charge is 2.45. The number of sulfonamides is 1. The van der Waals surface area contributed by atoms with Gasteiger partial charge in [-0.25, -0.2) is 13.1 Å². The Bertz CT molecular complexity index is 606. The number of anilines is 1. The molecule has 0 spiro atoms. The van der Waals surface area contributed by atoms with Gasteiger partial charge in [0, 0.05) is 5.69 Å². The molecule has 2 rings (SSSR count). The third kappa shape index (κ3) is 3.38. The van der Waals surface area contributed by atoms with E-state index in [9.17, 15) is 23.7 Å². The van der Waals surface area contributed by atoms with E-state index in [1.54, 1.807) is 0 Å². The molecule has 0 unspecified atom stereocenters. The average Bonchev–Trinajstić information content (AvgIpc) is 2.48. The van der Waals surface area contributed by atoms with Crippen molar-refractivity contribution in [2.24, 2.45) is 0 Å². The number of benzene rings is 1. The van der Waals surface area contributed by atoms with Gasteiger partial charge in [-0.05, 0) is 24.3 Å². The molecular weight excluding hydrogens is 316 g/mol. The number of nitrogens with one attached hydrogen (secondary N) is 1. The second-order valence-corrected chi connectivity index (χ2v) is 6.66. The molecule has 0 aromatic heterocycles. The molecule has 0 saturated carbocycles. The zero-order valence-electron chi connectivity index (χ0n) is 11.4. The van der Waals surface area contributed by atoms with Crippen LogP contribution < -0.4 is 10.5 Å². The molecule has 1 aliphatic rings. The minimum Gasteiger partial charge on any atom is -0.399 e. The van der Waals surface area contributed by atoms with Crippen molar-refractivity contribution in [1.29, 1.82) is 0 Å². The van der Waals surface area contributed by atoms with E-state index in [4.69, 9.17) is 15.6 Å². The van der Waals surface area contributed by atoms with Crippen LogP contribution in [0.15, 0.2) is 29.2 Å². The van der Waals surface area contributed by atoms with Crippen LogP contribution in [0.3, 0.4) is 0 Å². The predicted octanol–water partition coefficient (Wildman–Crippen LogP) is -2.65. The topological polar surface area (TPSA) is 162 Å². The molecule has 1 aromatic carbocycles. The number of hydrogen-bond donors (Lipinski definition) is 6. The molecule has 22 heavy (non-hydrogen) atoms. The molecule has 9 nitrogen and oxygen atoms in total. The van der Waals surface area contributed by atoms with Crippen molar-refractivity contribution in [3.8, 4) is 0 Å². The van der Waals surface area contributed by atoms with Crippen LogP contribution in [0.1, 0.15) is 0 Å². The highest BCUT2D eigenvalue weighted by molar-refractivity contribution is 7.89. The summed E-state index contributed by atoms with van der Waals surface area (Å²) in [6, 6.07) is 3.80. The predicted molar refractivity (Wildman–Crippen MR) is 74.9 cm³/mol. The summed E-state index contributed by atoms with van der Waals surface area (Å²) in [5.74, 6) is 0. The lowest BCUT2D eigenvalue weighted by atomic mass is 9.98. The summed E-state index contributed by atoms with van der Waals surface area (Å²) in [5.41, 5.74) is 5.85. The van der Waals surface area contributed by atoms with Crippen LogP contribution in [0.25, 0.3) is 0 Å². The van der Waals surface area contributed by atoms with E-state index in [2.05, 4.69) is 4.72 Å². The fourth-order valence-corrected chi connectivity index (χ4v) is 3.36. The molecule has 1 fully saturated rings. The van der Waals surface area contributed by atoms with E-state index in [0.717, 1.165) is 0 Å². The van der Waals surface area contributed by atoms with Gasteiger partial charge in [0.25, 0.3) is 0 Å². The number of aliphatic hydroxyl groups is 4. The third-order valence-corrected chi connectivity index (χ3v) is 4.86. The molecule has 10 heteroatoms. The Hall–Kier alpha value is -1.27. The monoisotopic (exact) mass is 334 g/mol. The number of nitrogens with two attached hydrogens (primary N) is 1. The van der Waals surface area contributed by atoms with Crippen LogP contribution in [-0.2, 0) is 14.8 Å². The summed E-state index contributed by atoms with van der Waals surface area (Å²) < 4.78 is 31.4. The van der Waals surface area contributed by atoms with Crippen molar-refractivity contribution in [2.75, 3.05) is 12.3 Å². The summed E-state index contributed by atoms with van der Waals surface area (Å²) in [6.07, 6.45) is -6.13. The Morgan fingerprint density at radius 2 is 1.73 bits per heavy atom. The Balaban J connectivity index is 2.20. The van der Waals surface area contributed by atoms with E-state index >= 15 is 0 Å². The molecule has 1 saturated heterocycles. The summed E-state index contributed by atoms with van der Waals surface area (Å²) >= 11 is 0. The summed E-state index contributed by atoms with van der Waals surface area (Å²) in [6.45, 7) is -0.632. The SMILES string of the molecule is Nc1ccc(S(=O)(=O)N[C@H]2[C@@H](O)[C@H](O)[C@H](CO)O[C@@H]2O)cc1. The molecule has 7 N–H and O–H groups in total. The van der Waals surface area contributed by atoms with Crippen molar-refractivity contribution < 1.29 is 33.6 Å². The van der Waals surface area contributed by atoms with Gasteiger partial charge < -0.3 is 30.9 Å². The van der Waals surface area contributed by atoms with Crippen LogP contribution >= 0.6 is 0 Å². The second kappa shape index (κ2) is 6.46. The maximum atomic E-state index is 12.2. The molecule has 1 heterocycles. The molecule has 0 radical (unpaired) electrons. The van der Waals surface area contributed by atoms with Crippen LogP contribution in [0.4, 0.5) is 5.69 Å². The molecule has 5 atom stereocenters. The first-order valence-corrected chi connectivity index (χ1v) is 7.93. The van der Waals surface area contributed by atoms with E-state index in [1.807, 2.05) is 0 Å². The van der Waals surface area contributed by atoms with Gasteiger partial charge in [0.15, 0.2) is 6.29 Å². The fourth-order valence-electron chi connectivity index (χ4n) is 2.12. The maximum absolute atomic E-state index is 12.2. The first kappa shape index (κ1) is 17.1. The van der Waals surface area contributed by atoms with Gasteiger partial charge in [-0.3, -0.25) is 0 Å². The molecule has 0 aliphatic carbocycles. The van der Waals surface area contributed by atoms with Gasteiger partial charge in [0.2, 0.25) is 10.0 Å². The lowest BCUT2D eigenvalue weighted by molar-refractivity contribution is -0.251. The quantitative estimate of drug-likeness (QED) is 0.325. The summed E-state index contributed by atoms with van der Waals surface area (Å²) in [7, 11) is -4.07. The minimum absolute atomic E-state index is 0.125. The van der Waals surface area contributed by atoms with Crippen molar-refractivity contribution in [3.05, 3.63) is 24.3 Å². The largest absolute Gasteiger partial charge is 0.399 e. The summed E-state index contributed by atoms with van der Waals surface area (Å²) in [4.78, 5) is -0.125. The number of hydrogen-bond acceptors (Lipinski definition) is 8. The Morgan fingerprint density at radius 1 is 1.14 bits per heavy atom. The van der Waals surface area contributed by atoms with Crippen LogP contribution in [0.5, 0.6) is 0 Å². The Morgan fingerprint density at radius 3 is 2.27 bits per heavy atom. The lowest BCUT2D eigenvalue weighted by Gasteiger charge is -2.40. The Kier molecular flexibility index (Phi) is 5.02. The second-order valence-electron chi connectivity index (χ2n) is 4.94. The smallest absolute Gasteiger partial charge is 0.241 e. The van der Waals surface area contributed by atoms with Gasteiger partial charge in [-0.15, -0.1) is 0 Å². The molecule has 124 valence electrons. The number of nitrogen functional groups attached to an aromatic ring is 1. The first-order chi connectivity index (χ1) is 10.3. The zero-order chi connectivity index (χ0) is 16.5. The highest BCUT2D eigenvalue weighted by Crippen LogP contribution is 2.22. The fraction of sp³-hybridized carbons (Fsp3) is 0.500. The standard InChI is InChI=1S/C12H18N2O7S/c13-6-1-3-7(4-2-6)22(19,20)14-9-11(17)10(16)8(5-15)21-12(9)18/h1-4,8-12,14-18H,5,13H2/t8-,9-,10+,11+,12-/m0/s1. The van der Waals surface area contributed by atoms with Gasteiger partial charge in [-0.2, -0.15) is 0 Å². The van der Waals surface area contributed by atoms with Crippen LogP contribution in [-0.4, -0.2) is 66.1 Å². The Labute approximate surface area is 127 Å². The molecule has 1 aromatic rings. The average molecular weight is 334 g/mol. The highest BCUT2D eigenvalue weighted by atomic mass is 32.2. The third-order valence-electron chi connectivity index (χ3n) is 3.38. The van der Waals surface area contributed by atoms with Gasteiger partial charge in [-0.1, -0.05) is 0 Å². The van der Waals surface area contributed by atoms with E-state index in [0.29, 0.717) is 5.69 Å². The van der Waals surface area contributed by atoms with Crippen LogP contribution in [0, 0.1) is 0 Å². The van der Waals surface area contributed by atoms with Gasteiger partial charge in [0.1, 0.15) is 24.4 Å². The van der Waals surface area contributed by atoms with Crippen molar-refractivity contribution >= 4 is 15.7 Å². The molecule has 1 aliphatic heterocycles. The lowest BCUT2D eigenvalue weighted by Crippen LogP contribution is -2.64. The van der Waals surface area contributed by atoms with Crippen LogP contribution in [0.2, 0.25) is 0 Å². The zero-order valence-corrected chi connectivity index (χ0v) is 12.2. The van der Waals surface area contributed by atoms with Gasteiger partial charge >= 0.3 is 0 Å². The molecule has 0 bridgehead atoms. The van der Waals surface area contributed by atoms with Gasteiger partial charge in [0.05, 0.1) is 11.5 Å². The summed E-state index contributed by atoms with van der Waals surface area (Å²) in [5, 5.41) is 38.4. The minimum atomic E-state index is -4.07. The number of aliphatic hydroxyl groups excluding tert-OH is 4. The maximum Gasteiger partial charge on any atom is 0.241 e.